The minimum atomic E-state index is -0.497. The van der Waals surface area contributed by atoms with Crippen LogP contribution in [0.4, 0.5) is 0 Å². The molecule has 0 amide bonds. The molecule has 7 heteroatoms. The van der Waals surface area contributed by atoms with Gasteiger partial charge in [-0.15, -0.1) is 0 Å². The maximum absolute atomic E-state index is 13.1. The van der Waals surface area contributed by atoms with Crippen LogP contribution in [-0.4, -0.2) is 31.1 Å². The maximum Gasteiger partial charge on any atom is 0.312 e. The van der Waals surface area contributed by atoms with E-state index in [1.807, 2.05) is 30.3 Å². The first-order valence-electron chi connectivity index (χ1n) is 10.3. The van der Waals surface area contributed by atoms with E-state index in [0.717, 1.165) is 5.56 Å². The summed E-state index contributed by atoms with van der Waals surface area (Å²) < 4.78 is 22.1. The Bertz CT molecular complexity index is 1280. The van der Waals surface area contributed by atoms with Crippen LogP contribution in [0.25, 0.3) is 6.08 Å². The lowest BCUT2D eigenvalue weighted by Gasteiger charge is -2.27. The van der Waals surface area contributed by atoms with Gasteiger partial charge in [-0.05, 0) is 41.5 Å². The number of Topliss-reactive ketones (excluding diaryl/α,β-unsaturated/α-hetero) is 1. The average Bonchev–Trinajstić information content (AvgIpc) is 3.14. The Kier molecular flexibility index (Phi) is 5.01. The minimum absolute atomic E-state index is 0.0236. The Morgan fingerprint density at radius 2 is 1.67 bits per heavy atom. The highest BCUT2D eigenvalue weighted by atomic mass is 16.5. The van der Waals surface area contributed by atoms with Crippen LogP contribution in [0.2, 0.25) is 0 Å². The van der Waals surface area contributed by atoms with Crippen molar-refractivity contribution in [2.75, 3.05) is 14.2 Å². The summed E-state index contributed by atoms with van der Waals surface area (Å²) in [6.45, 7) is 0. The number of phenols is 1. The van der Waals surface area contributed by atoms with Crippen molar-refractivity contribution in [1.82, 2.24) is 0 Å². The monoisotopic (exact) mass is 444 g/mol. The van der Waals surface area contributed by atoms with Gasteiger partial charge in [-0.1, -0.05) is 30.3 Å². The third-order valence-corrected chi connectivity index (χ3v) is 5.78. The summed E-state index contributed by atoms with van der Waals surface area (Å²) in [6, 6.07) is 15.9. The quantitative estimate of drug-likeness (QED) is 0.361. The Morgan fingerprint density at radius 3 is 2.33 bits per heavy atom. The predicted molar refractivity (Wildman–Crippen MR) is 119 cm³/mol. The lowest BCUT2D eigenvalue weighted by Crippen LogP contribution is -2.21. The number of ether oxygens (including phenoxy) is 4. The van der Waals surface area contributed by atoms with Gasteiger partial charge in [0.15, 0.2) is 17.3 Å². The van der Waals surface area contributed by atoms with Crippen LogP contribution in [0.3, 0.4) is 0 Å². The number of carbonyl (C=O) groups is 2. The number of benzene rings is 3. The van der Waals surface area contributed by atoms with Gasteiger partial charge in [0.05, 0.1) is 26.2 Å². The van der Waals surface area contributed by atoms with Gasteiger partial charge >= 0.3 is 5.97 Å². The summed E-state index contributed by atoms with van der Waals surface area (Å²) in [5, 5.41) is 10.3. The normalized spacial score (nSPS) is 17.8. The molecular weight excluding hydrogens is 424 g/mol. The van der Waals surface area contributed by atoms with Crippen LogP contribution in [0.1, 0.15) is 39.4 Å². The average molecular weight is 444 g/mol. The minimum Gasteiger partial charge on any atom is -0.502 e. The molecule has 0 radical (unpaired) electrons. The molecule has 3 aromatic carbocycles. The third-order valence-electron chi connectivity index (χ3n) is 5.78. The van der Waals surface area contributed by atoms with Crippen LogP contribution in [-0.2, 0) is 4.79 Å². The number of fused-ring (bicyclic) bond motifs is 3. The lowest BCUT2D eigenvalue weighted by atomic mass is 9.84. The first kappa shape index (κ1) is 20.6. The molecule has 1 N–H and O–H groups in total. The number of esters is 1. The van der Waals surface area contributed by atoms with Gasteiger partial charge in [-0.2, -0.15) is 0 Å². The molecule has 166 valence electrons. The number of phenolic OH excluding ortho intramolecular Hbond substituents is 1. The molecule has 2 aliphatic rings. The number of hydrogen-bond donors (Lipinski definition) is 1. The van der Waals surface area contributed by atoms with Gasteiger partial charge in [-0.25, -0.2) is 0 Å². The van der Waals surface area contributed by atoms with Gasteiger partial charge in [0.2, 0.25) is 11.5 Å². The van der Waals surface area contributed by atoms with Crippen molar-refractivity contribution in [1.29, 1.82) is 0 Å². The van der Waals surface area contributed by atoms with Crippen molar-refractivity contribution in [2.24, 2.45) is 0 Å². The van der Waals surface area contributed by atoms with Crippen LogP contribution in [0.15, 0.2) is 60.4 Å². The summed E-state index contributed by atoms with van der Waals surface area (Å²) in [5.41, 5.74) is 2.48. The molecular formula is C26H20O7. The molecule has 5 rings (SSSR count). The Labute approximate surface area is 189 Å². The number of ketones is 1. The standard InChI is InChI=1S/C26H20O7/c1-30-19-11-15(12-20(31-2)25(19)29)17-13-22(27)32-18-9-8-16-24(28)21(33-26(16)23(17)18)10-14-6-4-3-5-7-14/h3-12,17,29H,13H2,1-2H3/b21-10-/t17-/m0/s1. The molecule has 0 aromatic heterocycles. The van der Waals surface area contributed by atoms with Crippen molar-refractivity contribution in [3.05, 3.63) is 82.6 Å². The summed E-state index contributed by atoms with van der Waals surface area (Å²) in [7, 11) is 2.86. The topological polar surface area (TPSA) is 91.3 Å². The van der Waals surface area contributed by atoms with Crippen molar-refractivity contribution >= 4 is 17.8 Å². The number of hydrogen-bond acceptors (Lipinski definition) is 7. The van der Waals surface area contributed by atoms with Gasteiger partial charge in [0.1, 0.15) is 11.5 Å². The second-order valence-electron chi connectivity index (χ2n) is 7.71. The van der Waals surface area contributed by atoms with E-state index >= 15 is 0 Å². The third kappa shape index (κ3) is 3.47. The number of allylic oxidation sites excluding steroid dienone is 1. The number of methoxy groups -OCH3 is 2. The van der Waals surface area contributed by atoms with Crippen molar-refractivity contribution in [3.63, 3.8) is 0 Å². The van der Waals surface area contributed by atoms with Crippen LogP contribution in [0, 0.1) is 0 Å². The van der Waals surface area contributed by atoms with Gasteiger partial charge in [0.25, 0.3) is 0 Å². The van der Waals surface area contributed by atoms with E-state index in [0.29, 0.717) is 28.2 Å². The SMILES string of the molecule is COc1cc([C@@H]2CC(=O)Oc3ccc4c(c32)O/C(=C\c2ccccc2)C4=O)cc(OC)c1O. The molecule has 0 spiro atoms. The highest BCUT2D eigenvalue weighted by Gasteiger charge is 2.39. The Morgan fingerprint density at radius 1 is 0.970 bits per heavy atom. The molecule has 33 heavy (non-hydrogen) atoms. The molecule has 0 unspecified atom stereocenters. The fourth-order valence-electron chi connectivity index (χ4n) is 4.21. The van der Waals surface area contributed by atoms with E-state index in [4.69, 9.17) is 18.9 Å². The van der Waals surface area contributed by atoms with E-state index in [-0.39, 0.29) is 35.2 Å². The zero-order chi connectivity index (χ0) is 23.1. The Balaban J connectivity index is 1.65. The zero-order valence-corrected chi connectivity index (χ0v) is 18.0. The fourth-order valence-corrected chi connectivity index (χ4v) is 4.21. The summed E-state index contributed by atoms with van der Waals surface area (Å²) in [6.07, 6.45) is 1.71. The molecule has 1 atom stereocenters. The highest BCUT2D eigenvalue weighted by molar-refractivity contribution is 6.15. The number of carbonyl (C=O) groups excluding carboxylic acids is 2. The highest BCUT2D eigenvalue weighted by Crippen LogP contribution is 2.51. The summed E-state index contributed by atoms with van der Waals surface area (Å²) >= 11 is 0. The van der Waals surface area contributed by atoms with Crippen molar-refractivity contribution < 1.29 is 33.6 Å². The number of rotatable bonds is 4. The first-order chi connectivity index (χ1) is 16.0. The molecule has 0 bridgehead atoms. The van der Waals surface area contributed by atoms with Gasteiger partial charge < -0.3 is 24.1 Å². The number of aromatic hydroxyl groups is 1. The molecule has 7 nitrogen and oxygen atoms in total. The molecule has 0 aliphatic carbocycles. The van der Waals surface area contributed by atoms with Crippen molar-refractivity contribution in [3.8, 4) is 28.7 Å². The molecule has 0 saturated carbocycles. The molecule has 2 heterocycles. The molecule has 0 saturated heterocycles. The maximum atomic E-state index is 13.1. The smallest absolute Gasteiger partial charge is 0.312 e. The van der Waals surface area contributed by atoms with E-state index in [2.05, 4.69) is 0 Å². The predicted octanol–water partition coefficient (Wildman–Crippen LogP) is 4.47. The van der Waals surface area contributed by atoms with E-state index in [9.17, 15) is 14.7 Å². The zero-order valence-electron chi connectivity index (χ0n) is 18.0. The second kappa shape index (κ2) is 8.02. The van der Waals surface area contributed by atoms with E-state index in [1.165, 1.54) is 14.2 Å². The van der Waals surface area contributed by atoms with Crippen LogP contribution in [0.5, 0.6) is 28.7 Å². The summed E-state index contributed by atoms with van der Waals surface area (Å²) in [4.78, 5) is 25.5. The van der Waals surface area contributed by atoms with E-state index < -0.39 is 11.9 Å². The summed E-state index contributed by atoms with van der Waals surface area (Å²) in [5.74, 6) is 0.0110. The van der Waals surface area contributed by atoms with E-state index in [1.54, 1.807) is 30.3 Å². The van der Waals surface area contributed by atoms with Crippen LogP contribution < -0.4 is 18.9 Å². The first-order valence-corrected chi connectivity index (χ1v) is 10.3. The van der Waals surface area contributed by atoms with Crippen LogP contribution >= 0.6 is 0 Å². The molecule has 3 aromatic rings. The largest absolute Gasteiger partial charge is 0.502 e. The van der Waals surface area contributed by atoms with Crippen molar-refractivity contribution in [2.45, 2.75) is 12.3 Å². The van der Waals surface area contributed by atoms with Gasteiger partial charge in [-0.3, -0.25) is 9.59 Å². The lowest BCUT2D eigenvalue weighted by molar-refractivity contribution is -0.135. The Hall–Kier alpha value is -4.26. The molecule has 0 fully saturated rings. The molecule has 2 aliphatic heterocycles. The fraction of sp³-hybridized carbons (Fsp3) is 0.154. The second-order valence-corrected chi connectivity index (χ2v) is 7.71. The van der Waals surface area contributed by atoms with Gasteiger partial charge in [0, 0.05) is 11.5 Å².